The lowest BCUT2D eigenvalue weighted by Crippen LogP contribution is -2.49. The van der Waals surface area contributed by atoms with Gasteiger partial charge in [-0.15, -0.1) is 0 Å². The molecule has 1 aromatic rings. The summed E-state index contributed by atoms with van der Waals surface area (Å²) < 4.78 is 1.55. The first-order valence-electron chi connectivity index (χ1n) is 8.79. The molecule has 25 heavy (non-hydrogen) atoms. The zero-order chi connectivity index (χ0) is 18.2. The summed E-state index contributed by atoms with van der Waals surface area (Å²) in [4.78, 5) is 38.4. The van der Waals surface area contributed by atoms with Gasteiger partial charge in [-0.3, -0.25) is 19.2 Å². The molecule has 8 heteroatoms. The lowest BCUT2D eigenvalue weighted by molar-refractivity contribution is -0.135. The number of rotatable bonds is 4. The molecule has 0 aromatic carbocycles. The molecule has 2 fully saturated rings. The maximum Gasteiger partial charge on any atom is 0.325 e. The number of aryl methyl sites for hydroxylation is 2. The summed E-state index contributed by atoms with van der Waals surface area (Å²) in [7, 11) is 1.72. The lowest BCUT2D eigenvalue weighted by atomic mass is 9.75. The van der Waals surface area contributed by atoms with E-state index in [1.54, 1.807) is 17.8 Å². The van der Waals surface area contributed by atoms with Gasteiger partial charge < -0.3 is 10.6 Å². The molecule has 3 rings (SSSR count). The van der Waals surface area contributed by atoms with Crippen LogP contribution in [0.1, 0.15) is 44.7 Å². The molecule has 1 aliphatic carbocycles. The summed E-state index contributed by atoms with van der Waals surface area (Å²) in [6.45, 7) is 3.69. The van der Waals surface area contributed by atoms with Crippen LogP contribution in [0.25, 0.3) is 0 Å². The maximum absolute atomic E-state index is 12.8. The Labute approximate surface area is 146 Å². The number of hydrogen-bond donors (Lipinski definition) is 2. The number of anilines is 1. The maximum atomic E-state index is 12.8. The van der Waals surface area contributed by atoms with Crippen LogP contribution in [0, 0.1) is 12.8 Å². The van der Waals surface area contributed by atoms with Crippen LogP contribution < -0.4 is 10.6 Å². The first-order valence-corrected chi connectivity index (χ1v) is 8.79. The number of carbonyl (C=O) groups excluding carboxylic acids is 3. The predicted octanol–water partition coefficient (Wildman–Crippen LogP) is 1.56. The summed E-state index contributed by atoms with van der Waals surface area (Å²) in [5.74, 6) is 0.461. The fraction of sp³-hybridized carbons (Fsp3) is 0.647. The van der Waals surface area contributed by atoms with Gasteiger partial charge in [-0.2, -0.15) is 5.10 Å². The Balaban J connectivity index is 1.65. The van der Waals surface area contributed by atoms with Crippen molar-refractivity contribution in [3.63, 3.8) is 0 Å². The fourth-order valence-corrected chi connectivity index (χ4v) is 3.79. The number of urea groups is 1. The van der Waals surface area contributed by atoms with E-state index in [-0.39, 0.29) is 12.5 Å². The molecule has 1 spiro atoms. The summed E-state index contributed by atoms with van der Waals surface area (Å²) in [6, 6.07) is 1.26. The largest absolute Gasteiger partial charge is 0.325 e. The second-order valence-electron chi connectivity index (χ2n) is 7.10. The van der Waals surface area contributed by atoms with Crippen LogP contribution in [0.3, 0.4) is 0 Å². The molecule has 8 nitrogen and oxygen atoms in total. The zero-order valence-electron chi connectivity index (χ0n) is 15.0. The smallest absolute Gasteiger partial charge is 0.323 e. The van der Waals surface area contributed by atoms with Crippen molar-refractivity contribution in [2.75, 3.05) is 11.9 Å². The quantitative estimate of drug-likeness (QED) is 0.808. The Morgan fingerprint density at radius 2 is 2.08 bits per heavy atom. The molecule has 0 radical (unpaired) electrons. The van der Waals surface area contributed by atoms with E-state index in [0.717, 1.165) is 29.9 Å². The van der Waals surface area contributed by atoms with Gasteiger partial charge in [-0.1, -0.05) is 13.3 Å². The molecule has 2 N–H and O–H groups in total. The molecule has 0 atom stereocenters. The second-order valence-corrected chi connectivity index (χ2v) is 7.10. The molecule has 1 aliphatic heterocycles. The Morgan fingerprint density at radius 3 is 2.64 bits per heavy atom. The highest BCUT2D eigenvalue weighted by Crippen LogP contribution is 2.37. The number of amides is 4. The van der Waals surface area contributed by atoms with Crippen LogP contribution in [0.2, 0.25) is 0 Å². The van der Waals surface area contributed by atoms with Gasteiger partial charge in [0.2, 0.25) is 5.91 Å². The molecule has 2 heterocycles. The molecule has 2 aliphatic rings. The van der Waals surface area contributed by atoms with Gasteiger partial charge >= 0.3 is 6.03 Å². The van der Waals surface area contributed by atoms with E-state index in [9.17, 15) is 14.4 Å². The van der Waals surface area contributed by atoms with Gasteiger partial charge in [0.15, 0.2) is 0 Å². The van der Waals surface area contributed by atoms with Crippen LogP contribution in [0.4, 0.5) is 10.6 Å². The third-order valence-corrected chi connectivity index (χ3v) is 5.35. The first kappa shape index (κ1) is 17.4. The summed E-state index contributed by atoms with van der Waals surface area (Å²) in [5.41, 5.74) is -0.0361. The fourth-order valence-electron chi connectivity index (χ4n) is 3.79. The van der Waals surface area contributed by atoms with E-state index < -0.39 is 17.5 Å². The molecular weight excluding hydrogens is 322 g/mol. The normalized spacial score (nSPS) is 26.2. The standard InChI is InChI=1S/C17H25N5O3/c1-4-12-5-7-17(8-6-12)15(24)22(16(25)19-17)10-14(23)18-13-9-11(2)20-21(13)3/h9,12H,4-8,10H2,1-3H3,(H,18,23)(H,19,25). The average molecular weight is 347 g/mol. The van der Waals surface area contributed by atoms with E-state index in [2.05, 4.69) is 22.7 Å². The van der Waals surface area contributed by atoms with Crippen molar-refractivity contribution in [2.24, 2.45) is 13.0 Å². The van der Waals surface area contributed by atoms with Crippen molar-refractivity contribution in [3.05, 3.63) is 11.8 Å². The Bertz CT molecular complexity index is 703. The Hall–Kier alpha value is -2.38. The number of hydrogen-bond acceptors (Lipinski definition) is 4. The monoisotopic (exact) mass is 347 g/mol. The highest BCUT2D eigenvalue weighted by atomic mass is 16.2. The molecule has 1 aromatic heterocycles. The number of aromatic nitrogens is 2. The van der Waals surface area contributed by atoms with Crippen LogP contribution in [-0.4, -0.2) is 44.6 Å². The van der Waals surface area contributed by atoms with Crippen LogP contribution in [0.15, 0.2) is 6.07 Å². The highest BCUT2D eigenvalue weighted by molar-refractivity contribution is 6.10. The minimum atomic E-state index is -0.813. The molecule has 136 valence electrons. The SMILES string of the molecule is CCC1CCC2(CC1)NC(=O)N(CC(=O)Nc1cc(C)nn1C)C2=O. The topological polar surface area (TPSA) is 96.3 Å². The Kier molecular flexibility index (Phi) is 4.53. The summed E-state index contributed by atoms with van der Waals surface area (Å²) in [6.07, 6.45) is 4.24. The first-order chi connectivity index (χ1) is 11.8. The van der Waals surface area contributed by atoms with Crippen molar-refractivity contribution in [3.8, 4) is 0 Å². The van der Waals surface area contributed by atoms with E-state index in [4.69, 9.17) is 0 Å². The van der Waals surface area contributed by atoms with Crippen LogP contribution in [-0.2, 0) is 16.6 Å². The molecule has 0 unspecified atom stereocenters. The molecule has 1 saturated carbocycles. The van der Waals surface area contributed by atoms with Crippen molar-refractivity contribution in [1.29, 1.82) is 0 Å². The van der Waals surface area contributed by atoms with Gasteiger partial charge in [-0.05, 0) is 38.5 Å². The second kappa shape index (κ2) is 6.50. The number of imide groups is 1. The van der Waals surface area contributed by atoms with Crippen molar-refractivity contribution < 1.29 is 14.4 Å². The molecular formula is C17H25N5O3. The van der Waals surface area contributed by atoms with Gasteiger partial charge in [0.25, 0.3) is 5.91 Å². The predicted molar refractivity (Wildman–Crippen MR) is 91.8 cm³/mol. The molecule has 1 saturated heterocycles. The highest BCUT2D eigenvalue weighted by Gasteiger charge is 2.52. The zero-order valence-corrected chi connectivity index (χ0v) is 15.0. The molecule has 0 bridgehead atoms. The van der Waals surface area contributed by atoms with E-state index in [1.807, 2.05) is 6.92 Å². The van der Waals surface area contributed by atoms with Gasteiger partial charge in [-0.25, -0.2) is 4.79 Å². The molecule has 4 amide bonds. The van der Waals surface area contributed by atoms with E-state index in [1.165, 1.54) is 0 Å². The van der Waals surface area contributed by atoms with Gasteiger partial charge in [0.05, 0.1) is 5.69 Å². The summed E-state index contributed by atoms with van der Waals surface area (Å²) >= 11 is 0. The van der Waals surface area contributed by atoms with Crippen molar-refractivity contribution in [2.45, 2.75) is 51.5 Å². The van der Waals surface area contributed by atoms with Crippen molar-refractivity contribution >= 4 is 23.7 Å². The van der Waals surface area contributed by atoms with E-state index >= 15 is 0 Å². The lowest BCUT2D eigenvalue weighted by Gasteiger charge is -2.34. The summed E-state index contributed by atoms with van der Waals surface area (Å²) in [5, 5.41) is 9.68. The van der Waals surface area contributed by atoms with Gasteiger partial charge in [0.1, 0.15) is 17.9 Å². The van der Waals surface area contributed by atoms with Crippen LogP contribution >= 0.6 is 0 Å². The average Bonchev–Trinajstić information content (AvgIpc) is 2.99. The van der Waals surface area contributed by atoms with Crippen molar-refractivity contribution in [1.82, 2.24) is 20.0 Å². The van der Waals surface area contributed by atoms with Gasteiger partial charge in [0, 0.05) is 13.1 Å². The minimum absolute atomic E-state index is 0.275. The number of nitrogens with one attached hydrogen (secondary N) is 2. The third kappa shape index (κ3) is 3.25. The van der Waals surface area contributed by atoms with Crippen LogP contribution in [0.5, 0.6) is 0 Å². The van der Waals surface area contributed by atoms with E-state index in [0.29, 0.717) is 24.6 Å². The third-order valence-electron chi connectivity index (χ3n) is 5.35. The Morgan fingerprint density at radius 1 is 1.40 bits per heavy atom. The minimum Gasteiger partial charge on any atom is -0.323 e. The number of carbonyl (C=O) groups is 3. The number of nitrogens with zero attached hydrogens (tertiary/aromatic N) is 3.